The molecular weight excluding hydrogens is 342 g/mol. The van der Waals surface area contributed by atoms with Crippen molar-refractivity contribution in [2.75, 3.05) is 6.79 Å². The van der Waals surface area contributed by atoms with Crippen LogP contribution < -0.4 is 14.8 Å². The highest BCUT2D eigenvalue weighted by Crippen LogP contribution is 2.32. The van der Waals surface area contributed by atoms with E-state index in [1.807, 2.05) is 36.4 Å². The highest BCUT2D eigenvalue weighted by molar-refractivity contribution is 9.10. The number of halogens is 2. The topological polar surface area (TPSA) is 30.5 Å². The van der Waals surface area contributed by atoms with Crippen LogP contribution in [0.25, 0.3) is 0 Å². The molecule has 0 aliphatic carbocycles. The van der Waals surface area contributed by atoms with Gasteiger partial charge in [0, 0.05) is 17.6 Å². The summed E-state index contributed by atoms with van der Waals surface area (Å²) >= 11 is 9.40. The largest absolute Gasteiger partial charge is 0.454 e. The quantitative estimate of drug-likeness (QED) is 0.896. The molecule has 1 heterocycles. The van der Waals surface area contributed by atoms with Crippen molar-refractivity contribution in [3.8, 4) is 11.5 Å². The summed E-state index contributed by atoms with van der Waals surface area (Å²) < 4.78 is 11.6. The van der Waals surface area contributed by atoms with Gasteiger partial charge in [0.1, 0.15) is 0 Å². The van der Waals surface area contributed by atoms with Gasteiger partial charge in [0.15, 0.2) is 11.5 Å². The molecule has 0 unspecified atom stereocenters. The van der Waals surface area contributed by atoms with Gasteiger partial charge in [-0.3, -0.25) is 0 Å². The van der Waals surface area contributed by atoms with Crippen LogP contribution in [0.2, 0.25) is 5.02 Å². The van der Waals surface area contributed by atoms with E-state index < -0.39 is 0 Å². The van der Waals surface area contributed by atoms with Crippen molar-refractivity contribution in [1.29, 1.82) is 0 Å². The van der Waals surface area contributed by atoms with Crippen molar-refractivity contribution in [3.05, 3.63) is 57.0 Å². The lowest BCUT2D eigenvalue weighted by atomic mass is 10.2. The zero-order valence-corrected chi connectivity index (χ0v) is 13.0. The Morgan fingerprint density at radius 1 is 1.00 bits per heavy atom. The van der Waals surface area contributed by atoms with Crippen LogP contribution in [0.15, 0.2) is 40.9 Å². The predicted molar refractivity (Wildman–Crippen MR) is 82.3 cm³/mol. The smallest absolute Gasteiger partial charge is 0.231 e. The zero-order valence-electron chi connectivity index (χ0n) is 10.7. The molecule has 0 radical (unpaired) electrons. The molecule has 0 fully saturated rings. The van der Waals surface area contributed by atoms with Gasteiger partial charge in [-0.2, -0.15) is 0 Å². The van der Waals surface area contributed by atoms with Crippen LogP contribution in [0, 0.1) is 0 Å². The molecule has 20 heavy (non-hydrogen) atoms. The number of ether oxygens (including phenoxy) is 2. The number of nitrogens with one attached hydrogen (secondary N) is 1. The summed E-state index contributed by atoms with van der Waals surface area (Å²) in [4.78, 5) is 0. The van der Waals surface area contributed by atoms with Crippen molar-refractivity contribution < 1.29 is 9.47 Å². The fraction of sp³-hybridized carbons (Fsp3) is 0.200. The number of benzene rings is 2. The molecule has 0 aromatic heterocycles. The Kier molecular flexibility index (Phi) is 4.15. The van der Waals surface area contributed by atoms with Gasteiger partial charge in [-0.05, 0) is 51.3 Å². The molecule has 1 aliphatic rings. The van der Waals surface area contributed by atoms with E-state index in [-0.39, 0.29) is 0 Å². The lowest BCUT2D eigenvalue weighted by molar-refractivity contribution is 0.174. The normalized spacial score (nSPS) is 12.7. The van der Waals surface area contributed by atoms with Crippen LogP contribution in [0.5, 0.6) is 11.5 Å². The minimum atomic E-state index is 0.311. The Balaban J connectivity index is 1.58. The molecule has 0 bridgehead atoms. The van der Waals surface area contributed by atoms with Crippen LogP contribution >= 0.6 is 27.5 Å². The molecule has 1 N–H and O–H groups in total. The molecule has 0 amide bonds. The van der Waals surface area contributed by atoms with Crippen molar-refractivity contribution in [1.82, 2.24) is 5.32 Å². The van der Waals surface area contributed by atoms with Crippen LogP contribution in [0.3, 0.4) is 0 Å². The highest BCUT2D eigenvalue weighted by Gasteiger charge is 2.12. The fourth-order valence-electron chi connectivity index (χ4n) is 2.05. The van der Waals surface area contributed by atoms with Crippen LogP contribution in [-0.4, -0.2) is 6.79 Å². The van der Waals surface area contributed by atoms with Crippen molar-refractivity contribution in [3.63, 3.8) is 0 Å². The second-order valence-electron chi connectivity index (χ2n) is 4.54. The lowest BCUT2D eigenvalue weighted by Gasteiger charge is -2.07. The SMILES string of the molecule is Clc1ccc(CNCc2ccc3c(c2)OCO3)cc1Br. The Hall–Kier alpha value is -1.23. The Labute approximate surface area is 131 Å². The maximum Gasteiger partial charge on any atom is 0.231 e. The van der Waals surface area contributed by atoms with Crippen LogP contribution in [0.1, 0.15) is 11.1 Å². The summed E-state index contributed by atoms with van der Waals surface area (Å²) in [7, 11) is 0. The van der Waals surface area contributed by atoms with Crippen molar-refractivity contribution >= 4 is 27.5 Å². The summed E-state index contributed by atoms with van der Waals surface area (Å²) in [6.07, 6.45) is 0. The number of hydrogen-bond acceptors (Lipinski definition) is 3. The van der Waals surface area contributed by atoms with E-state index in [4.69, 9.17) is 21.1 Å². The standard InChI is InChI=1S/C15H13BrClNO2/c16-12-5-10(1-3-13(12)17)7-18-8-11-2-4-14-15(6-11)20-9-19-14/h1-6,18H,7-9H2. The third-order valence-corrected chi connectivity index (χ3v) is 4.29. The van der Waals surface area contributed by atoms with Gasteiger partial charge < -0.3 is 14.8 Å². The van der Waals surface area contributed by atoms with Gasteiger partial charge in [-0.15, -0.1) is 0 Å². The molecule has 0 saturated carbocycles. The van der Waals surface area contributed by atoms with Crippen molar-refractivity contribution in [2.24, 2.45) is 0 Å². The maximum absolute atomic E-state index is 5.97. The van der Waals surface area contributed by atoms with E-state index in [1.54, 1.807) is 0 Å². The van der Waals surface area contributed by atoms with E-state index in [2.05, 4.69) is 21.2 Å². The highest BCUT2D eigenvalue weighted by atomic mass is 79.9. The van der Waals surface area contributed by atoms with Crippen LogP contribution in [0.4, 0.5) is 0 Å². The first-order chi connectivity index (χ1) is 9.72. The molecule has 3 nitrogen and oxygen atoms in total. The van der Waals surface area contributed by atoms with E-state index in [1.165, 1.54) is 11.1 Å². The third-order valence-electron chi connectivity index (χ3n) is 3.08. The van der Waals surface area contributed by atoms with Gasteiger partial charge in [-0.25, -0.2) is 0 Å². The van der Waals surface area contributed by atoms with E-state index in [0.29, 0.717) is 6.79 Å². The molecule has 2 aromatic rings. The van der Waals surface area contributed by atoms with Gasteiger partial charge in [0.05, 0.1) is 5.02 Å². The Morgan fingerprint density at radius 2 is 1.70 bits per heavy atom. The van der Waals surface area contributed by atoms with Crippen LogP contribution in [-0.2, 0) is 13.1 Å². The number of hydrogen-bond donors (Lipinski definition) is 1. The molecule has 5 heteroatoms. The predicted octanol–water partition coefficient (Wildman–Crippen LogP) is 4.12. The fourth-order valence-corrected chi connectivity index (χ4v) is 2.60. The van der Waals surface area contributed by atoms with Gasteiger partial charge >= 0.3 is 0 Å². The summed E-state index contributed by atoms with van der Waals surface area (Å²) in [5.74, 6) is 1.63. The molecule has 1 aliphatic heterocycles. The minimum absolute atomic E-state index is 0.311. The molecule has 0 saturated heterocycles. The summed E-state index contributed by atoms with van der Waals surface area (Å²) in [5, 5.41) is 4.12. The maximum atomic E-state index is 5.97. The minimum Gasteiger partial charge on any atom is -0.454 e. The summed E-state index contributed by atoms with van der Waals surface area (Å²) in [6.45, 7) is 1.87. The second-order valence-corrected chi connectivity index (χ2v) is 5.80. The van der Waals surface area contributed by atoms with E-state index in [9.17, 15) is 0 Å². The summed E-state index contributed by atoms with van der Waals surface area (Å²) in [6, 6.07) is 11.9. The molecule has 2 aromatic carbocycles. The molecule has 3 rings (SSSR count). The van der Waals surface area contributed by atoms with Gasteiger partial charge in [0.25, 0.3) is 0 Å². The molecule has 0 atom stereocenters. The third kappa shape index (κ3) is 3.08. The summed E-state index contributed by atoms with van der Waals surface area (Å²) in [5.41, 5.74) is 2.35. The average molecular weight is 355 g/mol. The molecule has 104 valence electrons. The zero-order chi connectivity index (χ0) is 13.9. The lowest BCUT2D eigenvalue weighted by Crippen LogP contribution is -2.12. The Morgan fingerprint density at radius 3 is 2.50 bits per heavy atom. The monoisotopic (exact) mass is 353 g/mol. The van der Waals surface area contributed by atoms with Gasteiger partial charge in [0.2, 0.25) is 6.79 Å². The van der Waals surface area contributed by atoms with Gasteiger partial charge in [-0.1, -0.05) is 23.7 Å². The first kappa shape index (κ1) is 13.7. The second kappa shape index (κ2) is 6.04. The number of rotatable bonds is 4. The van der Waals surface area contributed by atoms with E-state index in [0.717, 1.165) is 34.1 Å². The average Bonchev–Trinajstić information content (AvgIpc) is 2.90. The molecular formula is C15H13BrClNO2. The first-order valence-electron chi connectivity index (χ1n) is 6.25. The molecule has 0 spiro atoms. The van der Waals surface area contributed by atoms with Crippen molar-refractivity contribution in [2.45, 2.75) is 13.1 Å². The Bertz CT molecular complexity index is 633. The first-order valence-corrected chi connectivity index (χ1v) is 7.42. The van der Waals surface area contributed by atoms with E-state index >= 15 is 0 Å². The number of fused-ring (bicyclic) bond motifs is 1.